The average molecular weight is 717 g/mol. The summed E-state index contributed by atoms with van der Waals surface area (Å²) in [6.07, 6.45) is 1.57. The van der Waals surface area contributed by atoms with E-state index in [-0.39, 0.29) is 66.6 Å². The van der Waals surface area contributed by atoms with Gasteiger partial charge in [0.25, 0.3) is 17.4 Å². The molecule has 15 heteroatoms. The second kappa shape index (κ2) is 15.2. The number of piperazine rings is 1. The zero-order valence-electron chi connectivity index (χ0n) is 29.5. The first kappa shape index (κ1) is 37.5. The SMILES string of the molecule is [C-]#[N+]C[C@H]1CN(c2c(C(=O)NCCN(C)C)c(=O)n(-c3c(C)ccnc3C(C)C)c3nc(-c4c(O)cccc4F)c(F)cc23)CCN1C(=O)C(=C)F. The smallest absolute Gasteiger partial charge is 0.282 e. The molecule has 272 valence electrons. The van der Waals surface area contributed by atoms with Crippen LogP contribution in [-0.2, 0) is 4.79 Å². The van der Waals surface area contributed by atoms with Gasteiger partial charge in [-0.15, -0.1) is 0 Å². The molecule has 1 atom stereocenters. The van der Waals surface area contributed by atoms with E-state index in [0.717, 1.165) is 12.1 Å². The predicted molar refractivity (Wildman–Crippen MR) is 191 cm³/mol. The molecule has 0 spiro atoms. The predicted octanol–water partition coefficient (Wildman–Crippen LogP) is 4.57. The topological polar surface area (TPSA) is 128 Å². The number of amides is 2. The molecule has 1 saturated heterocycles. The van der Waals surface area contributed by atoms with E-state index in [1.54, 1.807) is 24.1 Å². The van der Waals surface area contributed by atoms with Crippen molar-refractivity contribution in [3.63, 3.8) is 0 Å². The second-order valence-corrected chi connectivity index (χ2v) is 13.1. The lowest BCUT2D eigenvalue weighted by Crippen LogP contribution is -2.57. The van der Waals surface area contributed by atoms with Gasteiger partial charge in [-0.05, 0) is 56.8 Å². The zero-order chi connectivity index (χ0) is 38.0. The van der Waals surface area contributed by atoms with Gasteiger partial charge in [-0.3, -0.25) is 23.9 Å². The fraction of sp³-hybridized carbons (Fsp3) is 0.351. The number of fused-ring (bicyclic) bond motifs is 1. The van der Waals surface area contributed by atoms with E-state index in [1.165, 1.54) is 21.6 Å². The third-order valence-electron chi connectivity index (χ3n) is 8.90. The number of anilines is 1. The Hall–Kier alpha value is -5.75. The van der Waals surface area contributed by atoms with Crippen LogP contribution in [0.5, 0.6) is 5.75 Å². The number of nitrogens with zero attached hydrogens (tertiary/aromatic N) is 7. The Kier molecular flexibility index (Phi) is 11.0. The van der Waals surface area contributed by atoms with Crippen molar-refractivity contribution in [1.29, 1.82) is 0 Å². The van der Waals surface area contributed by atoms with Crippen LogP contribution in [0, 0.1) is 25.1 Å². The van der Waals surface area contributed by atoms with Gasteiger partial charge in [-0.2, -0.15) is 0 Å². The van der Waals surface area contributed by atoms with Crippen molar-refractivity contribution in [3.8, 4) is 22.7 Å². The molecule has 12 nitrogen and oxygen atoms in total. The van der Waals surface area contributed by atoms with Gasteiger partial charge in [0.05, 0.1) is 22.6 Å². The van der Waals surface area contributed by atoms with Crippen LogP contribution >= 0.6 is 0 Å². The molecule has 1 aliphatic heterocycles. The molecule has 5 rings (SSSR count). The molecule has 0 aliphatic carbocycles. The van der Waals surface area contributed by atoms with Crippen LogP contribution in [0.25, 0.3) is 32.8 Å². The molecule has 0 unspecified atom stereocenters. The van der Waals surface area contributed by atoms with Crippen molar-refractivity contribution in [2.45, 2.75) is 32.7 Å². The molecule has 0 saturated carbocycles. The number of carbonyl (C=O) groups is 2. The van der Waals surface area contributed by atoms with E-state index < -0.39 is 57.9 Å². The van der Waals surface area contributed by atoms with Crippen molar-refractivity contribution in [2.24, 2.45) is 0 Å². The summed E-state index contributed by atoms with van der Waals surface area (Å²) in [7, 11) is 3.62. The highest BCUT2D eigenvalue weighted by atomic mass is 19.1. The minimum Gasteiger partial charge on any atom is -0.507 e. The highest BCUT2D eigenvalue weighted by Gasteiger charge is 2.38. The Morgan fingerprint density at radius 2 is 1.90 bits per heavy atom. The number of carbonyl (C=O) groups excluding carboxylic acids is 2. The molecule has 52 heavy (non-hydrogen) atoms. The number of nitrogens with one attached hydrogen (secondary N) is 1. The number of rotatable bonds is 10. The molecular formula is C37H39F3N8O4. The molecule has 0 radical (unpaired) electrons. The molecular weight excluding hydrogens is 677 g/mol. The number of aryl methyl sites for hydroxylation is 1. The number of benzene rings is 1. The van der Waals surface area contributed by atoms with Crippen LogP contribution in [0.2, 0.25) is 0 Å². The van der Waals surface area contributed by atoms with Crippen LogP contribution in [0.4, 0.5) is 18.9 Å². The van der Waals surface area contributed by atoms with E-state index in [0.29, 0.717) is 17.8 Å². The summed E-state index contributed by atoms with van der Waals surface area (Å²) in [6.45, 7) is 16.1. The molecule has 1 aromatic carbocycles. The number of aromatic nitrogens is 3. The van der Waals surface area contributed by atoms with E-state index in [2.05, 4.69) is 26.7 Å². The highest BCUT2D eigenvalue weighted by Crippen LogP contribution is 2.38. The van der Waals surface area contributed by atoms with Crippen molar-refractivity contribution < 1.29 is 27.9 Å². The lowest BCUT2D eigenvalue weighted by Gasteiger charge is -2.41. The van der Waals surface area contributed by atoms with E-state index in [4.69, 9.17) is 6.57 Å². The largest absolute Gasteiger partial charge is 0.507 e. The van der Waals surface area contributed by atoms with E-state index in [1.807, 2.05) is 32.8 Å². The van der Waals surface area contributed by atoms with Gasteiger partial charge in [-0.25, -0.2) is 24.7 Å². The molecule has 1 aliphatic rings. The summed E-state index contributed by atoms with van der Waals surface area (Å²) < 4.78 is 46.9. The van der Waals surface area contributed by atoms with Crippen molar-refractivity contribution in [2.75, 3.05) is 58.3 Å². The Bertz CT molecular complexity index is 2160. The molecule has 4 heterocycles. The van der Waals surface area contributed by atoms with Crippen molar-refractivity contribution >= 4 is 28.5 Å². The van der Waals surface area contributed by atoms with E-state index in [9.17, 15) is 19.1 Å². The van der Waals surface area contributed by atoms with E-state index >= 15 is 13.6 Å². The Labute approximate surface area is 298 Å². The monoisotopic (exact) mass is 716 g/mol. The number of hydrogen-bond acceptors (Lipinski definition) is 8. The third kappa shape index (κ3) is 7.06. The summed E-state index contributed by atoms with van der Waals surface area (Å²) in [6, 6.07) is 5.26. The first-order valence-corrected chi connectivity index (χ1v) is 16.6. The molecule has 0 bridgehead atoms. The van der Waals surface area contributed by atoms with Gasteiger partial charge in [0.2, 0.25) is 6.54 Å². The Morgan fingerprint density at radius 1 is 1.17 bits per heavy atom. The van der Waals surface area contributed by atoms with Gasteiger partial charge in [0.15, 0.2) is 17.3 Å². The summed E-state index contributed by atoms with van der Waals surface area (Å²) in [4.78, 5) is 59.1. The Morgan fingerprint density at radius 3 is 2.54 bits per heavy atom. The minimum atomic E-state index is -1.21. The van der Waals surface area contributed by atoms with Gasteiger partial charge in [-0.1, -0.05) is 26.5 Å². The van der Waals surface area contributed by atoms with Crippen molar-refractivity contribution in [1.82, 2.24) is 29.7 Å². The van der Waals surface area contributed by atoms with Crippen LogP contribution in [0.3, 0.4) is 0 Å². The number of halogens is 3. The quantitative estimate of drug-likeness (QED) is 0.181. The van der Waals surface area contributed by atoms with Crippen LogP contribution in [0.1, 0.15) is 41.4 Å². The standard InChI is InChI=1S/C37H39F3N8O4/c1-20(2)30-32(21(3)11-12-42-30)48-34-24(17-26(40)31(44-34)28-25(39)9-8-10-27(28)49)33(29(37(48)52)35(50)43-13-14-45(6)7)46-15-16-47(36(51)22(4)38)23(19-46)18-41-5/h8-12,17,20,23,49H,4,13-16,18-19H2,1-3,6-7H3,(H,43,50)/t23-/m0/s1. The summed E-state index contributed by atoms with van der Waals surface area (Å²) in [5.41, 5.74) is -1.21. The lowest BCUT2D eigenvalue weighted by molar-refractivity contribution is -0.131. The normalized spacial score (nSPS) is 14.6. The van der Waals surface area contributed by atoms with Crippen LogP contribution < -0.4 is 15.8 Å². The fourth-order valence-electron chi connectivity index (χ4n) is 6.44. The van der Waals surface area contributed by atoms with Gasteiger partial charge in [0, 0.05) is 44.3 Å². The van der Waals surface area contributed by atoms with Gasteiger partial charge < -0.3 is 30.0 Å². The average Bonchev–Trinajstić information content (AvgIpc) is 3.08. The van der Waals surface area contributed by atoms with Crippen LogP contribution in [-0.4, -0.2) is 101 Å². The molecule has 2 N–H and O–H groups in total. The first-order valence-electron chi connectivity index (χ1n) is 16.6. The summed E-state index contributed by atoms with van der Waals surface area (Å²) >= 11 is 0. The maximum atomic E-state index is 16.4. The number of pyridine rings is 3. The maximum Gasteiger partial charge on any atom is 0.282 e. The zero-order valence-corrected chi connectivity index (χ0v) is 29.5. The number of hydrogen-bond donors (Lipinski definition) is 2. The molecule has 4 aromatic rings. The van der Waals surface area contributed by atoms with Gasteiger partial charge in [0.1, 0.15) is 28.9 Å². The number of phenolic OH excluding ortho intramolecular Hbond substituents is 1. The lowest BCUT2D eigenvalue weighted by atomic mass is 10.0. The van der Waals surface area contributed by atoms with Crippen LogP contribution in [0.15, 0.2) is 53.7 Å². The molecule has 2 amide bonds. The maximum absolute atomic E-state index is 16.4. The van der Waals surface area contributed by atoms with Crippen molar-refractivity contribution in [3.05, 3.63) is 99.2 Å². The number of aromatic hydroxyl groups is 1. The summed E-state index contributed by atoms with van der Waals surface area (Å²) in [5, 5.41) is 13.4. The highest BCUT2D eigenvalue weighted by molar-refractivity contribution is 6.08. The third-order valence-corrected chi connectivity index (χ3v) is 8.90. The summed E-state index contributed by atoms with van der Waals surface area (Å²) in [5.74, 6) is -5.84. The Balaban J connectivity index is 1.92. The number of phenols is 1. The number of likely N-dealkylation sites (N-methyl/N-ethyl adjacent to an activating group) is 1. The minimum absolute atomic E-state index is 0.0244. The van der Waals surface area contributed by atoms with Gasteiger partial charge >= 0.3 is 0 Å². The second-order valence-electron chi connectivity index (χ2n) is 13.1. The molecule has 1 fully saturated rings. The first-order chi connectivity index (χ1) is 24.7. The molecule has 3 aromatic heterocycles. The fourth-order valence-corrected chi connectivity index (χ4v) is 6.44.